The molecule has 4 heteroatoms. The van der Waals surface area contributed by atoms with Crippen LogP contribution in [0.4, 0.5) is 10.1 Å². The largest absolute Gasteiger partial charge is 0.484 e. The first-order chi connectivity index (χ1) is 9.54. The fourth-order valence-electron chi connectivity index (χ4n) is 1.65. The summed E-state index contributed by atoms with van der Waals surface area (Å²) in [6.07, 6.45) is 0. The summed E-state index contributed by atoms with van der Waals surface area (Å²) in [5.74, 6) is -0.288. The Labute approximate surface area is 117 Å². The number of rotatable bonds is 4. The third kappa shape index (κ3) is 3.82. The Kier molecular flexibility index (Phi) is 4.35. The second-order valence-electron chi connectivity index (χ2n) is 4.61. The van der Waals surface area contributed by atoms with E-state index in [0.717, 1.165) is 5.56 Å². The zero-order valence-corrected chi connectivity index (χ0v) is 11.4. The van der Waals surface area contributed by atoms with Crippen LogP contribution in [0, 0.1) is 19.7 Å². The van der Waals surface area contributed by atoms with Gasteiger partial charge >= 0.3 is 0 Å². The third-order valence-corrected chi connectivity index (χ3v) is 2.85. The van der Waals surface area contributed by atoms with E-state index in [9.17, 15) is 9.18 Å². The van der Waals surface area contributed by atoms with Crippen molar-refractivity contribution in [3.8, 4) is 5.75 Å². The van der Waals surface area contributed by atoms with Crippen LogP contribution >= 0.6 is 0 Å². The Morgan fingerprint density at radius 2 is 1.85 bits per heavy atom. The fraction of sp³-hybridized carbons (Fsp3) is 0.188. The average Bonchev–Trinajstić information content (AvgIpc) is 2.43. The van der Waals surface area contributed by atoms with Crippen LogP contribution in [0.5, 0.6) is 5.75 Å². The quantitative estimate of drug-likeness (QED) is 0.926. The minimum atomic E-state index is -0.346. The zero-order chi connectivity index (χ0) is 14.5. The Balaban J connectivity index is 1.88. The Bertz CT molecular complexity index is 608. The number of halogens is 1. The van der Waals surface area contributed by atoms with Crippen LogP contribution in [0.3, 0.4) is 0 Å². The second kappa shape index (κ2) is 6.19. The molecule has 0 aliphatic heterocycles. The molecule has 104 valence electrons. The molecule has 1 amide bonds. The molecule has 0 saturated carbocycles. The molecule has 1 N–H and O–H groups in total. The highest BCUT2D eigenvalue weighted by Crippen LogP contribution is 2.16. The van der Waals surface area contributed by atoms with E-state index in [1.807, 2.05) is 31.2 Å². The van der Waals surface area contributed by atoms with Gasteiger partial charge in [0.15, 0.2) is 6.61 Å². The van der Waals surface area contributed by atoms with Crippen molar-refractivity contribution in [2.75, 3.05) is 11.9 Å². The number of benzene rings is 2. The summed E-state index contributed by atoms with van der Waals surface area (Å²) in [5, 5.41) is 2.71. The number of ether oxygens (including phenoxy) is 1. The molecule has 0 bridgehead atoms. The maximum Gasteiger partial charge on any atom is 0.262 e. The first kappa shape index (κ1) is 14.1. The average molecular weight is 273 g/mol. The van der Waals surface area contributed by atoms with Crippen LogP contribution in [0.15, 0.2) is 42.5 Å². The molecule has 2 aromatic carbocycles. The lowest BCUT2D eigenvalue weighted by atomic mass is 10.2. The molecular weight excluding hydrogens is 257 g/mol. The topological polar surface area (TPSA) is 38.3 Å². The summed E-state index contributed by atoms with van der Waals surface area (Å²) in [5.41, 5.74) is 2.37. The van der Waals surface area contributed by atoms with Gasteiger partial charge in [-0.3, -0.25) is 4.79 Å². The smallest absolute Gasteiger partial charge is 0.262 e. The molecule has 2 aromatic rings. The molecule has 0 atom stereocenters. The molecule has 2 rings (SSSR count). The molecule has 0 radical (unpaired) electrons. The second-order valence-corrected chi connectivity index (χ2v) is 4.61. The minimum absolute atomic E-state index is 0.156. The van der Waals surface area contributed by atoms with Gasteiger partial charge in [-0.1, -0.05) is 23.8 Å². The van der Waals surface area contributed by atoms with Crippen LogP contribution < -0.4 is 10.1 Å². The summed E-state index contributed by atoms with van der Waals surface area (Å²) in [6.45, 7) is 3.49. The van der Waals surface area contributed by atoms with Crippen molar-refractivity contribution >= 4 is 11.6 Å². The van der Waals surface area contributed by atoms with Gasteiger partial charge in [0.2, 0.25) is 0 Å². The van der Waals surface area contributed by atoms with E-state index < -0.39 is 0 Å². The van der Waals surface area contributed by atoms with E-state index in [1.165, 1.54) is 6.07 Å². The fourth-order valence-corrected chi connectivity index (χ4v) is 1.65. The third-order valence-electron chi connectivity index (χ3n) is 2.85. The van der Waals surface area contributed by atoms with E-state index in [0.29, 0.717) is 17.0 Å². The van der Waals surface area contributed by atoms with Gasteiger partial charge in [-0.25, -0.2) is 4.39 Å². The van der Waals surface area contributed by atoms with E-state index >= 15 is 0 Å². The molecule has 0 heterocycles. The SMILES string of the molecule is Cc1ccc(NC(=O)COc2ccc(C)c(F)c2)cc1. The lowest BCUT2D eigenvalue weighted by Crippen LogP contribution is -2.20. The number of carbonyl (C=O) groups is 1. The summed E-state index contributed by atoms with van der Waals surface area (Å²) < 4.78 is 18.6. The van der Waals surface area contributed by atoms with Gasteiger partial charge in [-0.2, -0.15) is 0 Å². The van der Waals surface area contributed by atoms with Crippen molar-refractivity contribution in [2.24, 2.45) is 0 Å². The van der Waals surface area contributed by atoms with E-state index in [1.54, 1.807) is 19.1 Å². The van der Waals surface area contributed by atoms with Crippen LogP contribution in [0.2, 0.25) is 0 Å². The number of hydrogen-bond acceptors (Lipinski definition) is 2. The summed E-state index contributed by atoms with van der Waals surface area (Å²) in [4.78, 5) is 11.7. The molecule has 0 aromatic heterocycles. The van der Waals surface area contributed by atoms with Gasteiger partial charge in [-0.15, -0.1) is 0 Å². The molecule has 0 aliphatic rings. The number of anilines is 1. The molecule has 0 unspecified atom stereocenters. The first-order valence-electron chi connectivity index (χ1n) is 6.30. The molecule has 0 aliphatic carbocycles. The van der Waals surface area contributed by atoms with Gasteiger partial charge in [0, 0.05) is 11.8 Å². The predicted octanol–water partition coefficient (Wildman–Crippen LogP) is 3.46. The van der Waals surface area contributed by atoms with E-state index in [2.05, 4.69) is 5.32 Å². The Morgan fingerprint density at radius 3 is 2.50 bits per heavy atom. The normalized spacial score (nSPS) is 10.2. The number of carbonyl (C=O) groups excluding carboxylic acids is 1. The molecule has 0 spiro atoms. The monoisotopic (exact) mass is 273 g/mol. The number of amides is 1. The van der Waals surface area contributed by atoms with Crippen LogP contribution in [-0.2, 0) is 4.79 Å². The molecule has 0 fully saturated rings. The van der Waals surface area contributed by atoms with Gasteiger partial charge in [0.25, 0.3) is 5.91 Å². The first-order valence-corrected chi connectivity index (χ1v) is 6.30. The standard InChI is InChI=1S/C16H16FNO2/c1-11-3-6-13(7-4-11)18-16(19)10-20-14-8-5-12(2)15(17)9-14/h3-9H,10H2,1-2H3,(H,18,19). The molecular formula is C16H16FNO2. The maximum absolute atomic E-state index is 13.3. The van der Waals surface area contributed by atoms with Crippen molar-refractivity contribution in [3.05, 3.63) is 59.4 Å². The van der Waals surface area contributed by atoms with Crippen LogP contribution in [-0.4, -0.2) is 12.5 Å². The van der Waals surface area contributed by atoms with Gasteiger partial charge in [0.1, 0.15) is 11.6 Å². The van der Waals surface area contributed by atoms with Crippen molar-refractivity contribution in [3.63, 3.8) is 0 Å². The van der Waals surface area contributed by atoms with E-state index in [-0.39, 0.29) is 18.3 Å². The maximum atomic E-state index is 13.3. The number of hydrogen-bond donors (Lipinski definition) is 1. The highest BCUT2D eigenvalue weighted by atomic mass is 19.1. The molecule has 20 heavy (non-hydrogen) atoms. The highest BCUT2D eigenvalue weighted by molar-refractivity contribution is 5.91. The predicted molar refractivity (Wildman–Crippen MR) is 76.4 cm³/mol. The van der Waals surface area contributed by atoms with E-state index in [4.69, 9.17) is 4.74 Å². The minimum Gasteiger partial charge on any atom is -0.484 e. The number of aryl methyl sites for hydroxylation is 2. The lowest BCUT2D eigenvalue weighted by molar-refractivity contribution is -0.118. The van der Waals surface area contributed by atoms with Crippen LogP contribution in [0.1, 0.15) is 11.1 Å². The van der Waals surface area contributed by atoms with Crippen molar-refractivity contribution in [2.45, 2.75) is 13.8 Å². The summed E-state index contributed by atoms with van der Waals surface area (Å²) in [7, 11) is 0. The highest BCUT2D eigenvalue weighted by Gasteiger charge is 2.05. The zero-order valence-electron chi connectivity index (χ0n) is 11.4. The molecule has 0 saturated heterocycles. The van der Waals surface area contributed by atoms with Gasteiger partial charge < -0.3 is 10.1 Å². The molecule has 3 nitrogen and oxygen atoms in total. The van der Waals surface area contributed by atoms with Crippen LogP contribution in [0.25, 0.3) is 0 Å². The Morgan fingerprint density at radius 1 is 1.15 bits per heavy atom. The lowest BCUT2D eigenvalue weighted by Gasteiger charge is -2.08. The van der Waals surface area contributed by atoms with Crippen molar-refractivity contribution in [1.29, 1.82) is 0 Å². The summed E-state index contributed by atoms with van der Waals surface area (Å²) >= 11 is 0. The van der Waals surface area contributed by atoms with Crippen molar-refractivity contribution < 1.29 is 13.9 Å². The van der Waals surface area contributed by atoms with Gasteiger partial charge in [-0.05, 0) is 37.6 Å². The Hall–Kier alpha value is -2.36. The summed E-state index contributed by atoms with van der Waals surface area (Å²) in [6, 6.07) is 12.0. The number of nitrogens with one attached hydrogen (secondary N) is 1. The van der Waals surface area contributed by atoms with Crippen molar-refractivity contribution in [1.82, 2.24) is 0 Å². The van der Waals surface area contributed by atoms with Gasteiger partial charge in [0.05, 0.1) is 0 Å².